The second-order valence-corrected chi connectivity index (χ2v) is 9.22. The summed E-state index contributed by atoms with van der Waals surface area (Å²) >= 11 is 0. The van der Waals surface area contributed by atoms with Gasteiger partial charge in [0.1, 0.15) is 5.82 Å². The minimum Gasteiger partial charge on any atom is -0.372 e. The number of pyridine rings is 2. The zero-order valence-corrected chi connectivity index (χ0v) is 18.7. The van der Waals surface area contributed by atoms with E-state index in [1.807, 2.05) is 61.3 Å². The smallest absolute Gasteiger partial charge is 0.328 e. The van der Waals surface area contributed by atoms with Crippen molar-refractivity contribution in [1.82, 2.24) is 20.6 Å². The van der Waals surface area contributed by atoms with E-state index < -0.39 is 35.4 Å². The van der Waals surface area contributed by atoms with Crippen molar-refractivity contribution in [3.63, 3.8) is 0 Å². The number of para-hydroxylation sites is 1. The highest BCUT2D eigenvalue weighted by atomic mass is 16.5. The Morgan fingerprint density at radius 3 is 2.62 bits per heavy atom. The van der Waals surface area contributed by atoms with Gasteiger partial charge in [-0.15, -0.1) is 0 Å². The zero-order chi connectivity index (χ0) is 23.6. The van der Waals surface area contributed by atoms with Gasteiger partial charge in [0.05, 0.1) is 23.8 Å². The van der Waals surface area contributed by atoms with Gasteiger partial charge in [-0.05, 0) is 31.5 Å². The minimum atomic E-state index is -1.52. The molecule has 2 fully saturated rings. The first-order valence-electron chi connectivity index (χ1n) is 11.3. The molecule has 0 radical (unpaired) electrons. The number of hydrogen-bond acceptors (Lipinski definition) is 7. The van der Waals surface area contributed by atoms with Crippen molar-refractivity contribution in [2.75, 3.05) is 11.4 Å². The number of urea groups is 1. The maximum absolute atomic E-state index is 13.3. The van der Waals surface area contributed by atoms with Crippen LogP contribution < -0.4 is 15.5 Å². The Morgan fingerprint density at radius 1 is 1.06 bits per heavy atom. The SMILES string of the molecule is C[C@@H]1CN2c3ncc(-c4cccc5cccnc45)cc3CC3(C(=O)NC(=O)NC3=O)[C@H]2[C@H](C)O1. The number of hydrogen-bond donors (Lipinski definition) is 2. The van der Waals surface area contributed by atoms with Crippen LogP contribution in [0.3, 0.4) is 0 Å². The third-order valence-corrected chi connectivity index (χ3v) is 7.08. The fraction of sp³-hybridized carbons (Fsp3) is 0.320. The second kappa shape index (κ2) is 7.33. The molecule has 0 bridgehead atoms. The molecule has 2 N–H and O–H groups in total. The Morgan fingerprint density at radius 2 is 1.82 bits per heavy atom. The topological polar surface area (TPSA) is 114 Å². The molecule has 2 aromatic heterocycles. The molecule has 172 valence electrons. The number of anilines is 1. The number of barbiturate groups is 1. The molecule has 3 aliphatic rings. The fourth-order valence-corrected chi connectivity index (χ4v) is 5.79. The van der Waals surface area contributed by atoms with Crippen molar-refractivity contribution in [2.24, 2.45) is 5.41 Å². The van der Waals surface area contributed by atoms with Crippen molar-refractivity contribution in [2.45, 2.75) is 38.5 Å². The molecule has 34 heavy (non-hydrogen) atoms. The van der Waals surface area contributed by atoms with Crippen LogP contribution in [0.5, 0.6) is 0 Å². The van der Waals surface area contributed by atoms with Crippen molar-refractivity contribution < 1.29 is 19.1 Å². The molecule has 5 heterocycles. The van der Waals surface area contributed by atoms with Gasteiger partial charge >= 0.3 is 6.03 Å². The predicted molar refractivity (Wildman–Crippen MR) is 124 cm³/mol. The number of imide groups is 2. The van der Waals surface area contributed by atoms with Crippen LogP contribution in [0.15, 0.2) is 48.8 Å². The molecule has 1 aromatic carbocycles. The van der Waals surface area contributed by atoms with Crippen LogP contribution in [-0.4, -0.2) is 52.6 Å². The van der Waals surface area contributed by atoms with Gasteiger partial charge < -0.3 is 9.64 Å². The molecule has 9 heteroatoms. The molecule has 0 saturated carbocycles. The summed E-state index contributed by atoms with van der Waals surface area (Å²) in [5.41, 5.74) is 1.86. The van der Waals surface area contributed by atoms with Crippen LogP contribution in [0.4, 0.5) is 10.6 Å². The molecule has 3 aromatic rings. The lowest BCUT2D eigenvalue weighted by Gasteiger charge is -2.54. The fourth-order valence-electron chi connectivity index (χ4n) is 5.79. The molecule has 3 aliphatic heterocycles. The largest absolute Gasteiger partial charge is 0.372 e. The molecule has 0 aliphatic carbocycles. The molecule has 2 saturated heterocycles. The number of fused-ring (bicyclic) bond motifs is 5. The Labute approximate surface area is 195 Å². The van der Waals surface area contributed by atoms with Crippen molar-refractivity contribution >= 4 is 34.6 Å². The quantitative estimate of drug-likeness (QED) is 0.539. The first kappa shape index (κ1) is 20.7. The number of morpholine rings is 1. The lowest BCUT2D eigenvalue weighted by Crippen LogP contribution is -2.75. The molecule has 3 atom stereocenters. The zero-order valence-electron chi connectivity index (χ0n) is 18.7. The van der Waals surface area contributed by atoms with E-state index >= 15 is 0 Å². The second-order valence-electron chi connectivity index (χ2n) is 9.22. The Kier molecular flexibility index (Phi) is 4.47. The summed E-state index contributed by atoms with van der Waals surface area (Å²) in [5.74, 6) is -0.486. The molecule has 4 amide bonds. The summed E-state index contributed by atoms with van der Waals surface area (Å²) < 4.78 is 6.04. The summed E-state index contributed by atoms with van der Waals surface area (Å²) in [6.45, 7) is 4.28. The summed E-state index contributed by atoms with van der Waals surface area (Å²) in [7, 11) is 0. The van der Waals surface area contributed by atoms with E-state index in [1.165, 1.54) is 0 Å². The van der Waals surface area contributed by atoms with Crippen LogP contribution in [0.1, 0.15) is 19.4 Å². The number of carbonyl (C=O) groups is 3. The number of carbonyl (C=O) groups excluding carboxylic acids is 3. The average molecular weight is 457 g/mol. The van der Waals surface area contributed by atoms with E-state index in [0.717, 1.165) is 33.4 Å². The van der Waals surface area contributed by atoms with E-state index in [1.54, 1.807) is 6.20 Å². The monoisotopic (exact) mass is 457 g/mol. The Balaban J connectivity index is 1.54. The Bertz CT molecular complexity index is 1350. The van der Waals surface area contributed by atoms with Crippen molar-refractivity contribution in [1.29, 1.82) is 0 Å². The molecule has 0 unspecified atom stereocenters. The van der Waals surface area contributed by atoms with Crippen LogP contribution in [0.25, 0.3) is 22.0 Å². The Hall–Kier alpha value is -3.85. The van der Waals surface area contributed by atoms with Gasteiger partial charge in [0, 0.05) is 41.9 Å². The lowest BCUT2D eigenvalue weighted by molar-refractivity contribution is -0.153. The van der Waals surface area contributed by atoms with E-state index in [4.69, 9.17) is 9.72 Å². The maximum Gasteiger partial charge on any atom is 0.328 e. The van der Waals surface area contributed by atoms with Gasteiger partial charge in [0.25, 0.3) is 0 Å². The number of ether oxygens (including phenoxy) is 1. The number of benzene rings is 1. The number of aromatic nitrogens is 2. The average Bonchev–Trinajstić information content (AvgIpc) is 2.81. The number of nitrogens with zero attached hydrogens (tertiary/aromatic N) is 3. The number of rotatable bonds is 1. The van der Waals surface area contributed by atoms with E-state index in [0.29, 0.717) is 6.54 Å². The maximum atomic E-state index is 13.3. The molecule has 9 nitrogen and oxygen atoms in total. The normalized spacial score (nSPS) is 25.5. The van der Waals surface area contributed by atoms with Crippen LogP contribution in [0, 0.1) is 5.41 Å². The third kappa shape index (κ3) is 2.86. The third-order valence-electron chi connectivity index (χ3n) is 7.08. The molecular weight excluding hydrogens is 434 g/mol. The highest BCUT2D eigenvalue weighted by Crippen LogP contribution is 2.46. The number of amides is 4. The molecule has 1 spiro atoms. The summed E-state index contributed by atoms with van der Waals surface area (Å²) in [6, 6.07) is 10.4. The van der Waals surface area contributed by atoms with E-state index in [2.05, 4.69) is 15.6 Å². The summed E-state index contributed by atoms with van der Waals surface area (Å²) in [6.07, 6.45) is 3.13. The lowest BCUT2D eigenvalue weighted by atomic mass is 9.67. The minimum absolute atomic E-state index is 0.107. The standard InChI is InChI=1S/C25H23N5O4/c1-13-12-30-20(14(2)34-13)25(22(31)28-24(33)29-23(25)32)10-16-9-17(11-27-21(16)30)18-7-3-5-15-6-4-8-26-19(15)18/h3-9,11,13-14,20H,10,12H2,1-2H3,(H2,28,29,31,32,33)/t13-,14+,20-/m1/s1. The summed E-state index contributed by atoms with van der Waals surface area (Å²) in [4.78, 5) is 49.9. The van der Waals surface area contributed by atoms with E-state index in [9.17, 15) is 14.4 Å². The van der Waals surface area contributed by atoms with Gasteiger partial charge in [0.2, 0.25) is 11.8 Å². The summed E-state index contributed by atoms with van der Waals surface area (Å²) in [5, 5.41) is 5.64. The van der Waals surface area contributed by atoms with Gasteiger partial charge in [0.15, 0.2) is 5.41 Å². The number of nitrogens with one attached hydrogen (secondary N) is 2. The first-order chi connectivity index (χ1) is 16.4. The van der Waals surface area contributed by atoms with Gasteiger partial charge in [-0.1, -0.05) is 24.3 Å². The van der Waals surface area contributed by atoms with Crippen molar-refractivity contribution in [3.8, 4) is 11.1 Å². The van der Waals surface area contributed by atoms with Gasteiger partial charge in [-0.25, -0.2) is 9.78 Å². The predicted octanol–water partition coefficient (Wildman–Crippen LogP) is 2.19. The van der Waals surface area contributed by atoms with Gasteiger partial charge in [-0.2, -0.15) is 0 Å². The van der Waals surface area contributed by atoms with Gasteiger partial charge in [-0.3, -0.25) is 25.2 Å². The van der Waals surface area contributed by atoms with Crippen LogP contribution in [-0.2, 0) is 20.7 Å². The van der Waals surface area contributed by atoms with E-state index in [-0.39, 0.29) is 12.5 Å². The van der Waals surface area contributed by atoms with Crippen LogP contribution in [0.2, 0.25) is 0 Å². The van der Waals surface area contributed by atoms with Crippen molar-refractivity contribution in [3.05, 3.63) is 54.4 Å². The molecular formula is C25H23N5O4. The highest BCUT2D eigenvalue weighted by Gasteiger charge is 2.63. The first-order valence-corrected chi connectivity index (χ1v) is 11.3. The molecule has 6 rings (SSSR count). The highest BCUT2D eigenvalue weighted by molar-refractivity contribution is 6.20. The van der Waals surface area contributed by atoms with Crippen LogP contribution >= 0.6 is 0 Å².